The molecule has 0 spiro atoms. The van der Waals surface area contributed by atoms with Gasteiger partial charge in [-0.05, 0) is 7.05 Å². The van der Waals surface area contributed by atoms with E-state index in [0.29, 0.717) is 11.0 Å². The van der Waals surface area contributed by atoms with Crippen molar-refractivity contribution in [2.24, 2.45) is 0 Å². The number of nitrogens with one attached hydrogen (secondary N) is 2. The highest BCUT2D eigenvalue weighted by Crippen LogP contribution is 2.27. The molecule has 0 radical (unpaired) electrons. The molecule has 0 fully saturated rings. The summed E-state index contributed by atoms with van der Waals surface area (Å²) in [6.45, 7) is 1.92. The Morgan fingerprint density at radius 2 is 2.50 bits per heavy atom. The van der Waals surface area contributed by atoms with E-state index in [1.807, 2.05) is 0 Å². The van der Waals surface area contributed by atoms with E-state index in [9.17, 15) is 4.79 Å². The molecule has 0 saturated heterocycles. The van der Waals surface area contributed by atoms with Crippen LogP contribution in [0.25, 0.3) is 0 Å². The lowest BCUT2D eigenvalue weighted by molar-refractivity contribution is 0.101. The first-order valence-electron chi connectivity index (χ1n) is 5.70. The quantitative estimate of drug-likeness (QED) is 0.851. The number of thiazole rings is 1. The van der Waals surface area contributed by atoms with E-state index in [-0.39, 0.29) is 5.91 Å². The van der Waals surface area contributed by atoms with Crippen LogP contribution < -0.4 is 5.32 Å². The second-order valence-corrected chi connectivity index (χ2v) is 5.35. The van der Waals surface area contributed by atoms with Gasteiger partial charge in [0, 0.05) is 36.8 Å². The first-order chi connectivity index (χ1) is 8.72. The number of likely N-dealkylation sites (N-methyl/N-ethyl adjacent to an activating group) is 1. The van der Waals surface area contributed by atoms with Crippen LogP contribution in [0, 0.1) is 0 Å². The molecule has 0 unspecified atom stereocenters. The Balaban J connectivity index is 1.76. The minimum absolute atomic E-state index is 0.251. The normalized spacial score (nSPS) is 15.4. The van der Waals surface area contributed by atoms with Gasteiger partial charge >= 0.3 is 0 Å². The summed E-state index contributed by atoms with van der Waals surface area (Å²) in [5.41, 5.74) is 1.10. The number of aromatic nitrogens is 3. The summed E-state index contributed by atoms with van der Waals surface area (Å²) in [4.78, 5) is 26.4. The predicted octanol–water partition coefficient (Wildman–Crippen LogP) is 1.11. The van der Waals surface area contributed by atoms with Crippen molar-refractivity contribution in [1.29, 1.82) is 0 Å². The van der Waals surface area contributed by atoms with Gasteiger partial charge in [-0.1, -0.05) is 0 Å². The molecule has 0 aromatic carbocycles. The third-order valence-electron chi connectivity index (χ3n) is 2.86. The van der Waals surface area contributed by atoms with Crippen molar-refractivity contribution >= 4 is 22.4 Å². The molecule has 0 bridgehead atoms. The lowest BCUT2D eigenvalue weighted by atomic mass is 10.2. The number of anilines is 1. The molecule has 2 N–H and O–H groups in total. The molecule has 18 heavy (non-hydrogen) atoms. The zero-order valence-electron chi connectivity index (χ0n) is 9.93. The zero-order valence-corrected chi connectivity index (χ0v) is 10.8. The van der Waals surface area contributed by atoms with E-state index >= 15 is 0 Å². The fourth-order valence-corrected chi connectivity index (χ4v) is 3.01. The standard InChI is InChI=1S/C11H13N5OS/c1-16-5-2-7-8(6-16)18-11(14-7)15-10(17)9-12-3-4-13-9/h3-4H,2,5-6H2,1H3,(H,12,13)(H,14,15,17). The first kappa shape index (κ1) is 11.4. The summed E-state index contributed by atoms with van der Waals surface area (Å²) >= 11 is 1.54. The average molecular weight is 263 g/mol. The van der Waals surface area contributed by atoms with Crippen molar-refractivity contribution in [3.63, 3.8) is 0 Å². The highest BCUT2D eigenvalue weighted by molar-refractivity contribution is 7.15. The number of nitrogens with zero attached hydrogens (tertiary/aromatic N) is 3. The highest BCUT2D eigenvalue weighted by atomic mass is 32.1. The van der Waals surface area contributed by atoms with Gasteiger partial charge < -0.3 is 9.88 Å². The van der Waals surface area contributed by atoms with E-state index in [1.165, 1.54) is 16.2 Å². The number of hydrogen-bond acceptors (Lipinski definition) is 5. The van der Waals surface area contributed by atoms with Crippen LogP contribution in [-0.4, -0.2) is 39.4 Å². The maximum absolute atomic E-state index is 11.8. The van der Waals surface area contributed by atoms with Crippen LogP contribution in [0.5, 0.6) is 0 Å². The number of amides is 1. The third-order valence-corrected chi connectivity index (χ3v) is 3.85. The van der Waals surface area contributed by atoms with Crippen LogP contribution in [0.15, 0.2) is 12.4 Å². The van der Waals surface area contributed by atoms with Gasteiger partial charge in [0.05, 0.1) is 5.69 Å². The second kappa shape index (κ2) is 4.51. The topological polar surface area (TPSA) is 73.9 Å². The summed E-state index contributed by atoms with van der Waals surface area (Å²) in [6.07, 6.45) is 4.12. The van der Waals surface area contributed by atoms with E-state index in [2.05, 4.69) is 32.2 Å². The van der Waals surface area contributed by atoms with Crippen LogP contribution in [0.1, 0.15) is 21.2 Å². The maximum Gasteiger partial charge on any atom is 0.293 e. The number of imidazole rings is 1. The number of fused-ring (bicyclic) bond motifs is 1. The summed E-state index contributed by atoms with van der Waals surface area (Å²) < 4.78 is 0. The van der Waals surface area contributed by atoms with E-state index in [0.717, 1.165) is 25.2 Å². The van der Waals surface area contributed by atoms with Crippen LogP contribution in [0.2, 0.25) is 0 Å². The third kappa shape index (κ3) is 2.14. The molecule has 7 heteroatoms. The van der Waals surface area contributed by atoms with Gasteiger partial charge in [-0.15, -0.1) is 11.3 Å². The SMILES string of the molecule is CN1CCc2nc(NC(=O)c3ncc[nH]3)sc2C1. The van der Waals surface area contributed by atoms with Gasteiger partial charge in [0.15, 0.2) is 11.0 Å². The second-order valence-electron chi connectivity index (χ2n) is 4.27. The van der Waals surface area contributed by atoms with E-state index in [4.69, 9.17) is 0 Å². The number of carbonyl (C=O) groups is 1. The van der Waals surface area contributed by atoms with Crippen LogP contribution in [-0.2, 0) is 13.0 Å². The molecule has 1 amide bonds. The molecular formula is C11H13N5OS. The van der Waals surface area contributed by atoms with Crippen molar-refractivity contribution in [2.75, 3.05) is 18.9 Å². The Kier molecular flexibility index (Phi) is 2.85. The van der Waals surface area contributed by atoms with Gasteiger partial charge in [-0.3, -0.25) is 10.1 Å². The predicted molar refractivity (Wildman–Crippen MR) is 68.7 cm³/mol. The van der Waals surface area contributed by atoms with Crippen molar-refractivity contribution in [1.82, 2.24) is 19.9 Å². The smallest absolute Gasteiger partial charge is 0.293 e. The molecule has 0 saturated carbocycles. The fraction of sp³-hybridized carbons (Fsp3) is 0.364. The van der Waals surface area contributed by atoms with Crippen molar-refractivity contribution in [3.8, 4) is 0 Å². The number of hydrogen-bond donors (Lipinski definition) is 2. The molecule has 0 aliphatic carbocycles. The molecule has 3 rings (SSSR count). The van der Waals surface area contributed by atoms with E-state index < -0.39 is 0 Å². The molecule has 1 aliphatic rings. The lowest BCUT2D eigenvalue weighted by Gasteiger charge is -2.20. The number of H-pyrrole nitrogens is 1. The minimum atomic E-state index is -0.251. The first-order valence-corrected chi connectivity index (χ1v) is 6.52. The molecule has 6 nitrogen and oxygen atoms in total. The van der Waals surface area contributed by atoms with Crippen LogP contribution in [0.4, 0.5) is 5.13 Å². The zero-order chi connectivity index (χ0) is 12.5. The molecular weight excluding hydrogens is 250 g/mol. The monoisotopic (exact) mass is 263 g/mol. The Bertz CT molecular complexity index is 562. The Labute approximate surface area is 108 Å². The van der Waals surface area contributed by atoms with E-state index in [1.54, 1.807) is 12.4 Å². The van der Waals surface area contributed by atoms with Gasteiger partial charge in [0.1, 0.15) is 0 Å². The largest absolute Gasteiger partial charge is 0.341 e. The molecule has 1 aliphatic heterocycles. The lowest BCUT2D eigenvalue weighted by Crippen LogP contribution is -2.25. The molecule has 2 aromatic heterocycles. The molecule has 94 valence electrons. The fourth-order valence-electron chi connectivity index (χ4n) is 1.92. The van der Waals surface area contributed by atoms with Gasteiger partial charge in [0.25, 0.3) is 5.91 Å². The van der Waals surface area contributed by atoms with Gasteiger partial charge in [-0.25, -0.2) is 9.97 Å². The highest BCUT2D eigenvalue weighted by Gasteiger charge is 2.19. The summed E-state index contributed by atoms with van der Waals surface area (Å²) in [5, 5.41) is 3.42. The molecule has 2 aromatic rings. The van der Waals surface area contributed by atoms with Gasteiger partial charge in [-0.2, -0.15) is 0 Å². The summed E-state index contributed by atoms with van der Waals surface area (Å²) in [6, 6.07) is 0. The number of rotatable bonds is 2. The summed E-state index contributed by atoms with van der Waals surface area (Å²) in [5.74, 6) is 0.0553. The number of aromatic amines is 1. The van der Waals surface area contributed by atoms with Crippen molar-refractivity contribution < 1.29 is 4.79 Å². The number of carbonyl (C=O) groups excluding carboxylic acids is 1. The Morgan fingerprint density at radius 3 is 3.28 bits per heavy atom. The summed E-state index contributed by atoms with van der Waals surface area (Å²) in [7, 11) is 2.09. The Morgan fingerprint density at radius 1 is 1.61 bits per heavy atom. The Hall–Kier alpha value is -1.73. The van der Waals surface area contributed by atoms with Gasteiger partial charge in [0.2, 0.25) is 0 Å². The van der Waals surface area contributed by atoms with Crippen molar-refractivity contribution in [2.45, 2.75) is 13.0 Å². The van der Waals surface area contributed by atoms with Crippen LogP contribution in [0.3, 0.4) is 0 Å². The van der Waals surface area contributed by atoms with Crippen molar-refractivity contribution in [3.05, 3.63) is 28.8 Å². The molecule has 0 atom stereocenters. The average Bonchev–Trinajstić information content (AvgIpc) is 2.95. The van der Waals surface area contributed by atoms with Crippen LogP contribution >= 0.6 is 11.3 Å². The minimum Gasteiger partial charge on any atom is -0.341 e. The maximum atomic E-state index is 11.8. The molecule has 3 heterocycles.